The molecular weight excluding hydrogens is 599 g/mol. The van der Waals surface area contributed by atoms with Crippen LogP contribution in [-0.2, 0) is 0 Å². The average Bonchev–Trinajstić information content (AvgIpc) is 3.75. The van der Waals surface area contributed by atoms with Crippen LogP contribution >= 0.6 is 0 Å². The molecule has 10 rings (SSSR count). The molecule has 3 nitrogen and oxygen atoms in total. The Kier molecular flexibility index (Phi) is 6.18. The topological polar surface area (TPSA) is 29.5 Å². The van der Waals surface area contributed by atoms with E-state index in [2.05, 4.69) is 157 Å². The fourth-order valence-corrected chi connectivity index (χ4v) is 7.48. The fourth-order valence-electron chi connectivity index (χ4n) is 7.48. The molecule has 0 saturated carbocycles. The number of anilines is 3. The third-order valence-corrected chi connectivity index (χ3v) is 9.69. The summed E-state index contributed by atoms with van der Waals surface area (Å²) in [5.74, 6) is 0. The van der Waals surface area contributed by atoms with Crippen LogP contribution in [0.25, 0.3) is 76.9 Å². The maximum Gasteiger partial charge on any atom is 0.159 e. The molecule has 0 N–H and O–H groups in total. The minimum absolute atomic E-state index is 0.851. The smallest absolute Gasteiger partial charge is 0.159 e. The maximum atomic E-state index is 6.65. The van der Waals surface area contributed by atoms with Crippen LogP contribution in [0.1, 0.15) is 0 Å². The Hall–Kier alpha value is -6.58. The molecule has 49 heavy (non-hydrogen) atoms. The zero-order chi connectivity index (χ0) is 32.3. The zero-order valence-corrected chi connectivity index (χ0v) is 26.5. The Morgan fingerprint density at radius 1 is 0.347 bits per heavy atom. The van der Waals surface area contributed by atoms with Gasteiger partial charge in [0.25, 0.3) is 0 Å². The Morgan fingerprint density at radius 3 is 1.80 bits per heavy atom. The van der Waals surface area contributed by atoms with Crippen molar-refractivity contribution in [1.29, 1.82) is 0 Å². The van der Waals surface area contributed by atoms with Gasteiger partial charge in [0.1, 0.15) is 16.7 Å². The van der Waals surface area contributed by atoms with Crippen molar-refractivity contribution in [3.63, 3.8) is 0 Å². The first-order chi connectivity index (χ1) is 24.3. The third kappa shape index (κ3) is 4.37. The molecule has 0 fully saturated rings. The van der Waals surface area contributed by atoms with Gasteiger partial charge in [0.05, 0.1) is 11.4 Å². The van der Waals surface area contributed by atoms with Crippen molar-refractivity contribution in [2.45, 2.75) is 0 Å². The number of benzene rings is 8. The van der Waals surface area contributed by atoms with Crippen LogP contribution in [0.3, 0.4) is 0 Å². The van der Waals surface area contributed by atoms with Crippen LogP contribution in [-0.4, -0.2) is 0 Å². The minimum atomic E-state index is 0.851. The molecule has 0 aliphatic rings. The van der Waals surface area contributed by atoms with Gasteiger partial charge in [0.2, 0.25) is 0 Å². The molecule has 3 heteroatoms. The number of hydrogen-bond donors (Lipinski definition) is 0. The third-order valence-electron chi connectivity index (χ3n) is 9.69. The summed E-state index contributed by atoms with van der Waals surface area (Å²) in [4.78, 5) is 2.34. The number of fused-ring (bicyclic) bond motifs is 7. The Bertz CT molecular complexity index is 2830. The van der Waals surface area contributed by atoms with Gasteiger partial charge in [-0.1, -0.05) is 133 Å². The zero-order valence-electron chi connectivity index (χ0n) is 26.5. The molecule has 2 heterocycles. The van der Waals surface area contributed by atoms with Gasteiger partial charge in [-0.25, -0.2) is 0 Å². The molecule has 0 atom stereocenters. The molecule has 230 valence electrons. The molecule has 2 aromatic heterocycles. The molecule has 0 radical (unpaired) electrons. The second kappa shape index (κ2) is 11.0. The van der Waals surface area contributed by atoms with Crippen LogP contribution in [0.15, 0.2) is 185 Å². The highest BCUT2D eigenvalue weighted by Crippen LogP contribution is 2.47. The van der Waals surface area contributed by atoms with E-state index in [0.717, 1.165) is 72.1 Å². The number of para-hydroxylation sites is 4. The van der Waals surface area contributed by atoms with E-state index in [9.17, 15) is 0 Å². The predicted octanol–water partition coefficient (Wildman–Crippen LogP) is 13.4. The standard InChI is InChI=1S/C46H29NO2/c1-2-14-33-30(12-1)13-9-18-34(33)31-26-28-32(29-27-31)47(41-22-10-20-38-36-16-4-7-23-42(36)49-46(38)41)40-21-6-3-15-35(40)37-19-11-25-44-45(37)39-17-5-8-24-43(39)48-44/h1-29H. The van der Waals surface area contributed by atoms with Gasteiger partial charge in [-0.2, -0.15) is 0 Å². The quantitative estimate of drug-likeness (QED) is 0.190. The van der Waals surface area contributed by atoms with Gasteiger partial charge < -0.3 is 13.7 Å². The summed E-state index contributed by atoms with van der Waals surface area (Å²) in [6.07, 6.45) is 0. The molecule has 0 bridgehead atoms. The summed E-state index contributed by atoms with van der Waals surface area (Å²) in [7, 11) is 0. The molecule has 8 aromatic carbocycles. The number of hydrogen-bond acceptors (Lipinski definition) is 3. The largest absolute Gasteiger partial charge is 0.456 e. The van der Waals surface area contributed by atoms with Crippen LogP contribution in [0.5, 0.6) is 0 Å². The Morgan fingerprint density at radius 2 is 0.918 bits per heavy atom. The first-order valence-electron chi connectivity index (χ1n) is 16.6. The van der Waals surface area contributed by atoms with Crippen molar-refractivity contribution in [2.75, 3.05) is 4.90 Å². The molecule has 0 saturated heterocycles. The Balaban J connectivity index is 1.22. The van der Waals surface area contributed by atoms with Crippen LogP contribution in [0, 0.1) is 0 Å². The van der Waals surface area contributed by atoms with Crippen LogP contribution < -0.4 is 4.90 Å². The molecular formula is C46H29NO2. The van der Waals surface area contributed by atoms with Gasteiger partial charge in [-0.3, -0.25) is 0 Å². The van der Waals surface area contributed by atoms with Crippen molar-refractivity contribution >= 4 is 71.7 Å². The van der Waals surface area contributed by atoms with Crippen LogP contribution in [0.4, 0.5) is 17.1 Å². The SMILES string of the molecule is c1ccc(N(c2ccc(-c3cccc4ccccc34)cc2)c2cccc3c2oc2ccccc23)c(-c2cccc3oc4ccccc4c23)c1. The lowest BCUT2D eigenvalue weighted by atomic mass is 9.96. The van der Waals surface area contributed by atoms with Gasteiger partial charge in [0, 0.05) is 32.8 Å². The molecule has 0 spiro atoms. The summed E-state index contributed by atoms with van der Waals surface area (Å²) in [5, 5.41) is 6.89. The number of furan rings is 2. The van der Waals surface area contributed by atoms with Crippen molar-refractivity contribution in [1.82, 2.24) is 0 Å². The minimum Gasteiger partial charge on any atom is -0.456 e. The molecule has 0 amide bonds. The first kappa shape index (κ1) is 27.5. The van der Waals surface area contributed by atoms with E-state index < -0.39 is 0 Å². The summed E-state index contributed by atoms with van der Waals surface area (Å²) in [6, 6.07) is 62.0. The fraction of sp³-hybridized carbons (Fsp3) is 0. The Labute approximate surface area is 282 Å². The second-order valence-corrected chi connectivity index (χ2v) is 12.5. The molecule has 0 unspecified atom stereocenters. The van der Waals surface area contributed by atoms with Gasteiger partial charge >= 0.3 is 0 Å². The lowest BCUT2D eigenvalue weighted by Gasteiger charge is -2.28. The highest BCUT2D eigenvalue weighted by molar-refractivity contribution is 6.15. The van der Waals surface area contributed by atoms with E-state index in [4.69, 9.17) is 8.83 Å². The molecule has 0 aliphatic carbocycles. The van der Waals surface area contributed by atoms with Crippen molar-refractivity contribution in [3.8, 4) is 22.3 Å². The summed E-state index contributed by atoms with van der Waals surface area (Å²) >= 11 is 0. The van der Waals surface area contributed by atoms with Crippen molar-refractivity contribution < 1.29 is 8.83 Å². The van der Waals surface area contributed by atoms with E-state index >= 15 is 0 Å². The first-order valence-corrected chi connectivity index (χ1v) is 16.6. The molecule has 10 aromatic rings. The summed E-state index contributed by atoms with van der Waals surface area (Å²) in [5.41, 5.74) is 11.2. The van der Waals surface area contributed by atoms with E-state index in [-0.39, 0.29) is 0 Å². The van der Waals surface area contributed by atoms with Crippen molar-refractivity contribution in [3.05, 3.63) is 176 Å². The van der Waals surface area contributed by atoms with E-state index in [1.54, 1.807) is 0 Å². The van der Waals surface area contributed by atoms with E-state index in [1.807, 2.05) is 24.3 Å². The van der Waals surface area contributed by atoms with Crippen molar-refractivity contribution in [2.24, 2.45) is 0 Å². The lowest BCUT2D eigenvalue weighted by molar-refractivity contribution is 0.668. The highest BCUT2D eigenvalue weighted by Gasteiger charge is 2.23. The second-order valence-electron chi connectivity index (χ2n) is 12.5. The maximum absolute atomic E-state index is 6.65. The summed E-state index contributed by atoms with van der Waals surface area (Å²) in [6.45, 7) is 0. The molecule has 0 aliphatic heterocycles. The van der Waals surface area contributed by atoms with Gasteiger partial charge in [0.15, 0.2) is 5.58 Å². The van der Waals surface area contributed by atoms with Crippen LogP contribution in [0.2, 0.25) is 0 Å². The van der Waals surface area contributed by atoms with Gasteiger partial charge in [-0.05, 0) is 69.9 Å². The van der Waals surface area contributed by atoms with E-state index in [1.165, 1.54) is 21.9 Å². The number of rotatable bonds is 5. The predicted molar refractivity (Wildman–Crippen MR) is 204 cm³/mol. The van der Waals surface area contributed by atoms with Gasteiger partial charge in [-0.15, -0.1) is 0 Å². The average molecular weight is 628 g/mol. The number of nitrogens with zero attached hydrogens (tertiary/aromatic N) is 1. The highest BCUT2D eigenvalue weighted by atomic mass is 16.3. The summed E-state index contributed by atoms with van der Waals surface area (Å²) < 4.78 is 13.0. The monoisotopic (exact) mass is 627 g/mol. The normalized spacial score (nSPS) is 11.7. The lowest BCUT2D eigenvalue weighted by Crippen LogP contribution is -2.11. The van der Waals surface area contributed by atoms with E-state index in [0.29, 0.717) is 0 Å².